The molecule has 0 atom stereocenters. The second-order valence-electron chi connectivity index (χ2n) is 6.78. The number of carbonyl (C=O) groups is 1. The minimum atomic E-state index is -0.198. The number of carbonyl (C=O) groups excluding carboxylic acids is 1. The summed E-state index contributed by atoms with van der Waals surface area (Å²) in [5.74, 6) is 1.07. The maximum absolute atomic E-state index is 12.1. The van der Waals surface area contributed by atoms with E-state index < -0.39 is 0 Å². The number of halogens is 1. The molecule has 0 radical (unpaired) electrons. The molecular weight excluding hydrogens is 376 g/mol. The smallest absolute Gasteiger partial charge is 0.262 e. The van der Waals surface area contributed by atoms with Crippen molar-refractivity contribution in [2.75, 3.05) is 18.5 Å². The number of hydrogen-bond donors (Lipinski definition) is 2. The molecule has 5 nitrogen and oxygen atoms in total. The van der Waals surface area contributed by atoms with E-state index in [9.17, 15) is 4.79 Å². The summed E-state index contributed by atoms with van der Waals surface area (Å²) >= 11 is 0. The first kappa shape index (κ1) is 22.1. The molecule has 0 aromatic heterocycles. The first-order valence-corrected chi connectivity index (χ1v) is 9.71. The van der Waals surface area contributed by atoms with Crippen LogP contribution in [0.4, 0.5) is 5.69 Å². The van der Waals surface area contributed by atoms with E-state index >= 15 is 0 Å². The summed E-state index contributed by atoms with van der Waals surface area (Å²) in [6.07, 6.45) is 5.16. The van der Waals surface area contributed by atoms with Gasteiger partial charge in [0.15, 0.2) is 18.1 Å². The van der Waals surface area contributed by atoms with Crippen molar-refractivity contribution < 1.29 is 14.3 Å². The average molecular weight is 405 g/mol. The van der Waals surface area contributed by atoms with E-state index in [-0.39, 0.29) is 24.9 Å². The van der Waals surface area contributed by atoms with Crippen LogP contribution in [0.25, 0.3) is 0 Å². The third-order valence-electron chi connectivity index (χ3n) is 4.67. The molecule has 2 aromatic rings. The Bertz CT molecular complexity index is 734. The lowest BCUT2D eigenvalue weighted by molar-refractivity contribution is -0.118. The maximum Gasteiger partial charge on any atom is 0.262 e. The molecule has 0 heterocycles. The van der Waals surface area contributed by atoms with Crippen LogP contribution in [-0.4, -0.2) is 25.2 Å². The molecule has 1 aliphatic rings. The summed E-state index contributed by atoms with van der Waals surface area (Å²) in [4.78, 5) is 12.1. The van der Waals surface area contributed by atoms with Crippen molar-refractivity contribution in [2.24, 2.45) is 0 Å². The van der Waals surface area contributed by atoms with Crippen molar-refractivity contribution in [3.63, 3.8) is 0 Å². The van der Waals surface area contributed by atoms with Crippen molar-refractivity contribution in [3.8, 4) is 11.5 Å². The SMILES string of the molecule is CCOc1cc(CNC2CCCC2)ccc1OCC(=O)Nc1ccccc1.Cl. The van der Waals surface area contributed by atoms with Crippen molar-refractivity contribution >= 4 is 24.0 Å². The third kappa shape index (κ3) is 6.73. The largest absolute Gasteiger partial charge is 0.490 e. The van der Waals surface area contributed by atoms with E-state index in [1.807, 2.05) is 55.5 Å². The second-order valence-corrected chi connectivity index (χ2v) is 6.78. The fraction of sp³-hybridized carbons (Fsp3) is 0.409. The van der Waals surface area contributed by atoms with Gasteiger partial charge >= 0.3 is 0 Å². The Morgan fingerprint density at radius 1 is 1.04 bits per heavy atom. The first-order chi connectivity index (χ1) is 13.2. The third-order valence-corrected chi connectivity index (χ3v) is 4.67. The molecule has 0 saturated heterocycles. The number of ether oxygens (including phenoxy) is 2. The molecule has 28 heavy (non-hydrogen) atoms. The zero-order chi connectivity index (χ0) is 18.9. The Balaban J connectivity index is 0.00000280. The molecule has 152 valence electrons. The highest BCUT2D eigenvalue weighted by molar-refractivity contribution is 5.91. The summed E-state index contributed by atoms with van der Waals surface area (Å²) in [7, 11) is 0. The van der Waals surface area contributed by atoms with E-state index in [4.69, 9.17) is 9.47 Å². The standard InChI is InChI=1S/C22H28N2O3.ClH/c1-2-26-21-14-17(15-23-18-8-6-7-9-18)12-13-20(21)27-16-22(25)24-19-10-4-3-5-11-19;/h3-5,10-14,18,23H,2,6-9,15-16H2,1H3,(H,24,25);1H. The number of hydrogen-bond acceptors (Lipinski definition) is 4. The Labute approximate surface area is 173 Å². The van der Waals surface area contributed by atoms with Crippen LogP contribution in [0.1, 0.15) is 38.2 Å². The van der Waals surface area contributed by atoms with Gasteiger partial charge in [-0.05, 0) is 49.6 Å². The molecule has 1 fully saturated rings. The van der Waals surface area contributed by atoms with Gasteiger partial charge in [0.2, 0.25) is 0 Å². The van der Waals surface area contributed by atoms with Crippen LogP contribution in [0.3, 0.4) is 0 Å². The molecule has 0 unspecified atom stereocenters. The molecular formula is C22H29ClN2O3. The van der Waals surface area contributed by atoms with Crippen LogP contribution in [0.5, 0.6) is 11.5 Å². The summed E-state index contributed by atoms with van der Waals surface area (Å²) < 4.78 is 11.4. The Morgan fingerprint density at radius 3 is 2.50 bits per heavy atom. The van der Waals surface area contributed by atoms with Crippen molar-refractivity contribution in [1.82, 2.24) is 5.32 Å². The van der Waals surface area contributed by atoms with Gasteiger partial charge in [-0.25, -0.2) is 0 Å². The number of anilines is 1. The summed E-state index contributed by atoms with van der Waals surface area (Å²) in [5, 5.41) is 6.42. The number of para-hydroxylation sites is 1. The maximum atomic E-state index is 12.1. The van der Waals surface area contributed by atoms with Crippen molar-refractivity contribution in [1.29, 1.82) is 0 Å². The lowest BCUT2D eigenvalue weighted by Crippen LogP contribution is -2.25. The van der Waals surface area contributed by atoms with E-state index in [0.29, 0.717) is 24.1 Å². The van der Waals surface area contributed by atoms with Crippen LogP contribution >= 0.6 is 12.4 Å². The van der Waals surface area contributed by atoms with Crippen LogP contribution in [-0.2, 0) is 11.3 Å². The molecule has 2 N–H and O–H groups in total. The van der Waals surface area contributed by atoms with E-state index in [1.54, 1.807) is 0 Å². The number of nitrogens with one attached hydrogen (secondary N) is 2. The monoisotopic (exact) mass is 404 g/mol. The fourth-order valence-corrected chi connectivity index (χ4v) is 3.30. The molecule has 2 aromatic carbocycles. The first-order valence-electron chi connectivity index (χ1n) is 9.71. The minimum Gasteiger partial charge on any atom is -0.490 e. The van der Waals surface area contributed by atoms with Gasteiger partial charge in [0, 0.05) is 18.3 Å². The molecule has 0 bridgehead atoms. The van der Waals surface area contributed by atoms with Gasteiger partial charge in [0.05, 0.1) is 6.61 Å². The normalized spacial score (nSPS) is 13.6. The van der Waals surface area contributed by atoms with Crippen molar-refractivity contribution in [3.05, 3.63) is 54.1 Å². The number of amides is 1. The Morgan fingerprint density at radius 2 is 1.79 bits per heavy atom. The molecule has 1 amide bonds. The van der Waals surface area contributed by atoms with E-state index in [1.165, 1.54) is 25.7 Å². The predicted molar refractivity (Wildman–Crippen MR) is 115 cm³/mol. The fourth-order valence-electron chi connectivity index (χ4n) is 3.30. The summed E-state index contributed by atoms with van der Waals surface area (Å²) in [6.45, 7) is 3.25. The quantitative estimate of drug-likeness (QED) is 0.643. The highest BCUT2D eigenvalue weighted by Gasteiger charge is 2.15. The minimum absolute atomic E-state index is 0. The van der Waals surface area contributed by atoms with Gasteiger partial charge in [0.25, 0.3) is 5.91 Å². The van der Waals surface area contributed by atoms with E-state index in [0.717, 1.165) is 17.8 Å². The van der Waals surface area contributed by atoms with Gasteiger partial charge in [-0.2, -0.15) is 0 Å². The zero-order valence-electron chi connectivity index (χ0n) is 16.3. The molecule has 6 heteroatoms. The van der Waals surface area contributed by atoms with Crippen LogP contribution in [0.15, 0.2) is 48.5 Å². The summed E-state index contributed by atoms with van der Waals surface area (Å²) in [5.41, 5.74) is 1.91. The zero-order valence-corrected chi connectivity index (χ0v) is 17.1. The molecule has 1 aliphatic carbocycles. The lowest BCUT2D eigenvalue weighted by Gasteiger charge is -2.15. The van der Waals surface area contributed by atoms with Crippen molar-refractivity contribution in [2.45, 2.75) is 45.2 Å². The van der Waals surface area contributed by atoms with Gasteiger partial charge in [-0.1, -0.05) is 37.1 Å². The highest BCUT2D eigenvalue weighted by Crippen LogP contribution is 2.29. The molecule has 0 spiro atoms. The Kier molecular flexibility index (Phi) is 9.11. The van der Waals surface area contributed by atoms with Gasteiger partial charge in [0.1, 0.15) is 0 Å². The van der Waals surface area contributed by atoms with Crippen LogP contribution in [0, 0.1) is 0 Å². The molecule has 1 saturated carbocycles. The lowest BCUT2D eigenvalue weighted by atomic mass is 10.1. The average Bonchev–Trinajstić information content (AvgIpc) is 3.20. The van der Waals surface area contributed by atoms with Gasteiger partial charge in [-0.15, -0.1) is 12.4 Å². The van der Waals surface area contributed by atoms with Crippen LogP contribution < -0.4 is 20.1 Å². The van der Waals surface area contributed by atoms with Gasteiger partial charge in [-0.3, -0.25) is 4.79 Å². The number of rotatable bonds is 9. The summed E-state index contributed by atoms with van der Waals surface area (Å²) in [6, 6.07) is 15.9. The van der Waals surface area contributed by atoms with E-state index in [2.05, 4.69) is 10.6 Å². The van der Waals surface area contributed by atoms with Gasteiger partial charge < -0.3 is 20.1 Å². The molecule has 0 aliphatic heterocycles. The van der Waals surface area contributed by atoms with Crippen LogP contribution in [0.2, 0.25) is 0 Å². The number of benzene rings is 2. The highest BCUT2D eigenvalue weighted by atomic mass is 35.5. The predicted octanol–water partition coefficient (Wildman–Crippen LogP) is 4.56. The Hall–Kier alpha value is -2.24. The topological polar surface area (TPSA) is 59.6 Å². The molecule has 3 rings (SSSR count). The second kappa shape index (κ2) is 11.6.